The molecule has 2 amide bonds. The van der Waals surface area contributed by atoms with Gasteiger partial charge in [-0.3, -0.25) is 4.79 Å². The number of fused-ring (bicyclic) bond motifs is 2. The minimum atomic E-state index is -2.58. The van der Waals surface area contributed by atoms with Gasteiger partial charge in [0.1, 0.15) is 5.60 Å². The first kappa shape index (κ1) is 19.1. The summed E-state index contributed by atoms with van der Waals surface area (Å²) in [5.41, 5.74) is 4.04. The van der Waals surface area contributed by atoms with E-state index in [0.29, 0.717) is 19.5 Å². The van der Waals surface area contributed by atoms with E-state index in [-0.39, 0.29) is 36.5 Å². The van der Waals surface area contributed by atoms with Crippen LogP contribution in [0.2, 0.25) is 0 Å². The number of rotatable bonds is 3. The zero-order chi connectivity index (χ0) is 19.3. The molecule has 0 aromatic carbocycles. The lowest BCUT2D eigenvalue weighted by atomic mass is 9.81. The van der Waals surface area contributed by atoms with Crippen molar-refractivity contribution in [1.82, 2.24) is 9.80 Å². The molecule has 2 bridgehead atoms. The lowest BCUT2D eigenvalue weighted by Gasteiger charge is -2.39. The van der Waals surface area contributed by atoms with Crippen LogP contribution >= 0.6 is 0 Å². The first-order valence-electron chi connectivity index (χ1n) is 9.04. The van der Waals surface area contributed by atoms with Crippen molar-refractivity contribution in [2.45, 2.75) is 70.2 Å². The van der Waals surface area contributed by atoms with Crippen LogP contribution in [0.3, 0.4) is 0 Å². The summed E-state index contributed by atoms with van der Waals surface area (Å²) in [6, 6.07) is -0.656. The van der Waals surface area contributed by atoms with Gasteiger partial charge in [-0.1, -0.05) is 12.2 Å². The maximum atomic E-state index is 13.1. The van der Waals surface area contributed by atoms with Crippen molar-refractivity contribution in [3.05, 3.63) is 12.2 Å². The van der Waals surface area contributed by atoms with Crippen LogP contribution in [-0.4, -0.2) is 65.0 Å². The first-order chi connectivity index (χ1) is 12.0. The molecule has 3 aliphatic rings. The second-order valence-electron chi connectivity index (χ2n) is 8.61. The number of likely N-dealkylation sites (tertiary alicyclic amines) is 2. The molecule has 2 saturated heterocycles. The van der Waals surface area contributed by atoms with Crippen molar-refractivity contribution >= 4 is 12.0 Å². The number of hydrogen-bond donors (Lipinski definition) is 1. The van der Waals surface area contributed by atoms with Gasteiger partial charge in [0.05, 0.1) is 17.5 Å². The van der Waals surface area contributed by atoms with Gasteiger partial charge in [0, 0.05) is 25.6 Å². The van der Waals surface area contributed by atoms with Gasteiger partial charge in [-0.25, -0.2) is 13.6 Å². The average molecular weight is 371 g/mol. The van der Waals surface area contributed by atoms with Gasteiger partial charge in [-0.2, -0.15) is 0 Å². The molecule has 2 N–H and O–H groups in total. The van der Waals surface area contributed by atoms with Gasteiger partial charge >= 0.3 is 6.09 Å². The van der Waals surface area contributed by atoms with Gasteiger partial charge in [-0.05, 0) is 33.6 Å². The zero-order valence-electron chi connectivity index (χ0n) is 15.5. The summed E-state index contributed by atoms with van der Waals surface area (Å²) >= 11 is 0. The topological polar surface area (TPSA) is 75.9 Å². The zero-order valence-corrected chi connectivity index (χ0v) is 15.5. The van der Waals surface area contributed by atoms with E-state index in [1.807, 2.05) is 0 Å². The van der Waals surface area contributed by atoms with E-state index in [9.17, 15) is 18.4 Å². The van der Waals surface area contributed by atoms with E-state index in [2.05, 4.69) is 0 Å². The van der Waals surface area contributed by atoms with Gasteiger partial charge in [0.2, 0.25) is 12.3 Å². The van der Waals surface area contributed by atoms with Crippen molar-refractivity contribution in [1.29, 1.82) is 0 Å². The van der Waals surface area contributed by atoms with Crippen molar-refractivity contribution in [2.24, 2.45) is 11.1 Å². The SMILES string of the molecule is CC(C)(C)OC(=O)N1C[C@@H]2C[C@H]1CN2C(=O)[C@@]1(CC(F)F)C=C[C@@H](N)C1. The second-order valence-corrected chi connectivity index (χ2v) is 8.61. The van der Waals surface area contributed by atoms with Crippen molar-refractivity contribution in [3.63, 3.8) is 0 Å². The highest BCUT2D eigenvalue weighted by Gasteiger charge is 2.53. The number of halogens is 2. The number of amides is 2. The van der Waals surface area contributed by atoms with Gasteiger partial charge < -0.3 is 20.3 Å². The molecule has 6 nitrogen and oxygen atoms in total. The van der Waals surface area contributed by atoms with E-state index in [4.69, 9.17) is 10.5 Å². The van der Waals surface area contributed by atoms with Crippen LogP contribution in [0, 0.1) is 5.41 Å². The minimum absolute atomic E-state index is 0.124. The highest BCUT2D eigenvalue weighted by atomic mass is 19.3. The normalized spacial score (nSPS) is 33.4. The summed E-state index contributed by atoms with van der Waals surface area (Å²) in [5, 5.41) is 0. The Labute approximate surface area is 152 Å². The Morgan fingerprint density at radius 1 is 1.27 bits per heavy atom. The molecule has 4 atom stereocenters. The number of alkyl halides is 2. The standard InChI is InChI=1S/C18H27F2N3O3/c1-17(2,3)26-16(25)23-10-12-6-13(23)9-22(12)15(24)18(8-14(19)20)5-4-11(21)7-18/h4-5,11-14H,6-10,21H2,1-3H3/t11-,12+,13+,18+/m1/s1. The number of carbonyl (C=O) groups is 2. The molecular weight excluding hydrogens is 344 g/mol. The molecule has 146 valence electrons. The monoisotopic (exact) mass is 371 g/mol. The Bertz CT molecular complexity index is 619. The molecule has 2 heterocycles. The molecule has 0 aromatic heterocycles. The molecule has 0 spiro atoms. The van der Waals surface area contributed by atoms with E-state index < -0.39 is 23.9 Å². The van der Waals surface area contributed by atoms with Crippen LogP contribution < -0.4 is 5.73 Å². The number of piperazine rings is 1. The van der Waals surface area contributed by atoms with E-state index >= 15 is 0 Å². The molecule has 2 fully saturated rings. The largest absolute Gasteiger partial charge is 0.444 e. The highest BCUT2D eigenvalue weighted by Crippen LogP contribution is 2.42. The van der Waals surface area contributed by atoms with Crippen LogP contribution in [-0.2, 0) is 9.53 Å². The number of nitrogens with zero attached hydrogens (tertiary/aromatic N) is 2. The van der Waals surface area contributed by atoms with Crippen LogP contribution in [0.5, 0.6) is 0 Å². The summed E-state index contributed by atoms with van der Waals surface area (Å²) in [4.78, 5) is 28.7. The second kappa shape index (κ2) is 6.48. The molecule has 26 heavy (non-hydrogen) atoms. The fraction of sp³-hybridized carbons (Fsp3) is 0.778. The van der Waals surface area contributed by atoms with Crippen LogP contribution in [0.25, 0.3) is 0 Å². The smallest absolute Gasteiger partial charge is 0.410 e. The van der Waals surface area contributed by atoms with E-state index in [0.717, 1.165) is 0 Å². The molecule has 3 rings (SSSR count). The maximum Gasteiger partial charge on any atom is 0.410 e. The predicted molar refractivity (Wildman–Crippen MR) is 91.6 cm³/mol. The quantitative estimate of drug-likeness (QED) is 0.771. The van der Waals surface area contributed by atoms with Crippen LogP contribution in [0.1, 0.15) is 40.0 Å². The molecule has 0 radical (unpaired) electrons. The fourth-order valence-corrected chi connectivity index (χ4v) is 4.28. The van der Waals surface area contributed by atoms with Crippen molar-refractivity contribution < 1.29 is 23.1 Å². The summed E-state index contributed by atoms with van der Waals surface area (Å²) in [5.74, 6) is -0.293. The number of hydrogen-bond acceptors (Lipinski definition) is 4. The fourth-order valence-electron chi connectivity index (χ4n) is 4.28. The first-order valence-corrected chi connectivity index (χ1v) is 9.04. The third kappa shape index (κ3) is 3.56. The van der Waals surface area contributed by atoms with Crippen LogP contribution in [0.4, 0.5) is 13.6 Å². The van der Waals surface area contributed by atoms with Gasteiger partial charge in [0.25, 0.3) is 0 Å². The highest BCUT2D eigenvalue weighted by molar-refractivity contribution is 5.86. The Balaban J connectivity index is 1.69. The Kier molecular flexibility index (Phi) is 4.75. The summed E-state index contributed by atoms with van der Waals surface area (Å²) in [6.07, 6.45) is 0.588. The molecule has 1 aliphatic carbocycles. The van der Waals surface area contributed by atoms with Crippen LogP contribution in [0.15, 0.2) is 12.2 Å². The Morgan fingerprint density at radius 2 is 1.88 bits per heavy atom. The van der Waals surface area contributed by atoms with E-state index in [1.54, 1.807) is 42.7 Å². The van der Waals surface area contributed by atoms with Gasteiger partial charge in [0.15, 0.2) is 0 Å². The Morgan fingerprint density at radius 3 is 2.35 bits per heavy atom. The third-order valence-electron chi connectivity index (χ3n) is 5.34. The molecule has 8 heteroatoms. The summed E-state index contributed by atoms with van der Waals surface area (Å²) < 4.78 is 31.6. The molecule has 0 aromatic rings. The predicted octanol–water partition coefficient (Wildman–Crippen LogP) is 2.14. The van der Waals surface area contributed by atoms with E-state index in [1.165, 1.54) is 0 Å². The number of carbonyl (C=O) groups excluding carboxylic acids is 2. The number of nitrogens with two attached hydrogens (primary N) is 1. The molecular formula is C18H27F2N3O3. The van der Waals surface area contributed by atoms with Crippen molar-refractivity contribution in [3.8, 4) is 0 Å². The van der Waals surface area contributed by atoms with Crippen molar-refractivity contribution in [2.75, 3.05) is 13.1 Å². The minimum Gasteiger partial charge on any atom is -0.444 e. The lowest BCUT2D eigenvalue weighted by molar-refractivity contribution is -0.144. The summed E-state index contributed by atoms with van der Waals surface area (Å²) in [7, 11) is 0. The molecule has 0 saturated carbocycles. The average Bonchev–Trinajstić information content (AvgIpc) is 3.18. The summed E-state index contributed by atoms with van der Waals surface area (Å²) in [6.45, 7) is 6.15. The maximum absolute atomic E-state index is 13.1. The Hall–Kier alpha value is -1.70. The third-order valence-corrected chi connectivity index (χ3v) is 5.34. The molecule has 0 unspecified atom stereocenters. The van der Waals surface area contributed by atoms with Gasteiger partial charge in [-0.15, -0.1) is 0 Å². The lowest BCUT2D eigenvalue weighted by Crippen LogP contribution is -2.55. The molecule has 2 aliphatic heterocycles. The number of ether oxygens (including phenoxy) is 1.